The summed E-state index contributed by atoms with van der Waals surface area (Å²) in [5.41, 5.74) is -1.66. The Kier molecular flexibility index (Phi) is 11.2. The number of fused-ring (bicyclic) bond motifs is 1. The first kappa shape index (κ1) is 39.2. The topological polar surface area (TPSA) is 198 Å². The standard InChI is InChI=1S/C36H44FN5O10S/c1-6-9-23(43)12-15-28(38-33(47)52-35(3,4)5)31(45)42-19-24(51-34(48)41-18-21-10-8-11-27(37)26(21)20-41)16-29(42)30(44)39-36(17-22(36)7-2)32(46)40-53(49,50)25-13-14-25/h7-8,10-11,22,24-25,28-29H,2,12-20H2,1,3-5H3,(H,38,47)(H,39,44)(H,40,46)/t22-,24?,28+,29?,36-/m1/s1. The maximum absolute atomic E-state index is 14.4. The smallest absolute Gasteiger partial charge is 0.410 e. The minimum atomic E-state index is -3.97. The van der Waals surface area contributed by atoms with Crippen LogP contribution in [0.3, 0.4) is 0 Å². The first-order valence-electron chi connectivity index (χ1n) is 17.4. The molecule has 3 N–H and O–H groups in total. The molecule has 5 rings (SSSR count). The van der Waals surface area contributed by atoms with Crippen molar-refractivity contribution in [1.82, 2.24) is 25.2 Å². The summed E-state index contributed by atoms with van der Waals surface area (Å²) in [7, 11) is -3.97. The molecule has 0 spiro atoms. The van der Waals surface area contributed by atoms with Gasteiger partial charge < -0.3 is 25.0 Å². The lowest BCUT2D eigenvalue weighted by Crippen LogP contribution is -2.58. The third-order valence-corrected chi connectivity index (χ3v) is 11.3. The lowest BCUT2D eigenvalue weighted by atomic mass is 10.1. The fraction of sp³-hybridized carbons (Fsp3) is 0.556. The summed E-state index contributed by atoms with van der Waals surface area (Å²) in [6.07, 6.45) is -1.28. The van der Waals surface area contributed by atoms with Crippen molar-refractivity contribution < 1.29 is 51.0 Å². The van der Waals surface area contributed by atoms with Crippen LogP contribution in [0.25, 0.3) is 0 Å². The second kappa shape index (κ2) is 15.2. The molecular formula is C36H44FN5O10S. The number of ketones is 1. The third-order valence-electron chi connectivity index (χ3n) is 9.46. The van der Waals surface area contributed by atoms with Crippen LogP contribution >= 0.6 is 0 Å². The van der Waals surface area contributed by atoms with Gasteiger partial charge in [0.2, 0.25) is 27.6 Å². The number of ether oxygens (including phenoxy) is 2. The molecule has 4 aliphatic rings. The van der Waals surface area contributed by atoms with Gasteiger partial charge in [0.25, 0.3) is 5.91 Å². The Balaban J connectivity index is 1.39. The summed E-state index contributed by atoms with van der Waals surface area (Å²) >= 11 is 0. The van der Waals surface area contributed by atoms with E-state index in [1.165, 1.54) is 30.0 Å². The van der Waals surface area contributed by atoms with Crippen LogP contribution in [0.2, 0.25) is 0 Å². The summed E-state index contributed by atoms with van der Waals surface area (Å²) in [5, 5.41) is 4.42. The largest absolute Gasteiger partial charge is 0.444 e. The van der Waals surface area contributed by atoms with Crippen molar-refractivity contribution in [1.29, 1.82) is 0 Å². The van der Waals surface area contributed by atoms with Gasteiger partial charge in [-0.15, -0.1) is 6.58 Å². The van der Waals surface area contributed by atoms with Crippen LogP contribution in [-0.4, -0.2) is 95.0 Å². The molecule has 15 nitrogen and oxygen atoms in total. The first-order chi connectivity index (χ1) is 24.9. The van der Waals surface area contributed by atoms with Crippen LogP contribution in [0.4, 0.5) is 14.0 Å². The van der Waals surface area contributed by atoms with Crippen LogP contribution in [-0.2, 0) is 51.8 Å². The number of likely N-dealkylation sites (tertiary alicyclic amines) is 1. The maximum Gasteiger partial charge on any atom is 0.410 e. The summed E-state index contributed by atoms with van der Waals surface area (Å²) in [6.45, 7) is 9.72. The molecular weight excluding hydrogens is 713 g/mol. The number of rotatable bonds is 12. The molecule has 3 fully saturated rings. The van der Waals surface area contributed by atoms with E-state index in [0.29, 0.717) is 24.0 Å². The van der Waals surface area contributed by atoms with Gasteiger partial charge in [0.1, 0.15) is 35.1 Å². The van der Waals surface area contributed by atoms with Gasteiger partial charge in [-0.3, -0.25) is 28.8 Å². The molecule has 53 heavy (non-hydrogen) atoms. The van der Waals surface area contributed by atoms with Crippen molar-refractivity contribution in [2.45, 2.75) is 114 Å². The number of nitrogens with one attached hydrogen (secondary N) is 3. The Bertz CT molecular complexity index is 1880. The van der Waals surface area contributed by atoms with Gasteiger partial charge >= 0.3 is 12.2 Å². The Morgan fingerprint density at radius 1 is 1.15 bits per heavy atom. The molecule has 2 unspecified atom stereocenters. The molecule has 1 saturated heterocycles. The fourth-order valence-electron chi connectivity index (χ4n) is 6.51. The van der Waals surface area contributed by atoms with Gasteiger partial charge in [0, 0.05) is 30.9 Å². The van der Waals surface area contributed by atoms with Crippen molar-refractivity contribution in [3.8, 4) is 11.8 Å². The summed E-state index contributed by atoms with van der Waals surface area (Å²) < 4.78 is 52.8. The van der Waals surface area contributed by atoms with E-state index in [1.54, 1.807) is 26.8 Å². The van der Waals surface area contributed by atoms with Gasteiger partial charge in [-0.25, -0.2) is 22.4 Å². The SMILES string of the molecule is C=C[C@@H]1C[C@]1(NC(=O)C1CC(OC(=O)N2Cc3cccc(F)c3C2)CN1C(=O)[C@H](CCC(=O)C#CC)NC(=O)OC(C)(C)C)C(=O)NS(=O)(=O)C1CC1. The number of alkyl carbamates (subject to hydrolysis) is 1. The van der Waals surface area contributed by atoms with Crippen LogP contribution in [0, 0.1) is 23.6 Å². The molecule has 2 saturated carbocycles. The zero-order valence-electron chi connectivity index (χ0n) is 30.0. The van der Waals surface area contributed by atoms with Crippen molar-refractivity contribution in [2.24, 2.45) is 5.92 Å². The number of halogens is 1. The zero-order chi connectivity index (χ0) is 38.9. The maximum atomic E-state index is 14.4. The highest BCUT2D eigenvalue weighted by molar-refractivity contribution is 7.91. The van der Waals surface area contributed by atoms with E-state index in [0.717, 1.165) is 4.90 Å². The molecule has 1 aromatic rings. The van der Waals surface area contributed by atoms with E-state index in [1.807, 2.05) is 0 Å². The van der Waals surface area contributed by atoms with E-state index in [2.05, 4.69) is 33.8 Å². The van der Waals surface area contributed by atoms with E-state index in [4.69, 9.17) is 9.47 Å². The molecule has 2 aliphatic carbocycles. The Labute approximate surface area is 307 Å². The number of benzene rings is 1. The number of amides is 5. The number of sulfonamides is 1. The molecule has 1 aromatic carbocycles. The number of nitrogens with zero attached hydrogens (tertiary/aromatic N) is 2. The van der Waals surface area contributed by atoms with Crippen LogP contribution in [0.15, 0.2) is 30.9 Å². The Morgan fingerprint density at radius 2 is 1.87 bits per heavy atom. The molecule has 0 bridgehead atoms. The number of Topliss-reactive ketones (excluding diaryl/α,β-unsaturated/α-hetero) is 1. The summed E-state index contributed by atoms with van der Waals surface area (Å²) in [5.74, 6) is 0.666. The quantitative estimate of drug-likeness (QED) is 0.162. The van der Waals surface area contributed by atoms with Gasteiger partial charge in [0.05, 0.1) is 18.3 Å². The van der Waals surface area contributed by atoms with E-state index in [9.17, 15) is 41.6 Å². The predicted octanol–water partition coefficient (Wildman–Crippen LogP) is 2.18. The molecule has 17 heteroatoms. The number of hydrogen-bond acceptors (Lipinski definition) is 10. The molecule has 0 aromatic heterocycles. The highest BCUT2D eigenvalue weighted by Gasteiger charge is 2.62. The second-order valence-corrected chi connectivity index (χ2v) is 16.7. The van der Waals surface area contributed by atoms with Gasteiger partial charge in [0.15, 0.2) is 0 Å². The minimum absolute atomic E-state index is 0.0445. The molecule has 286 valence electrons. The third kappa shape index (κ3) is 9.16. The fourth-order valence-corrected chi connectivity index (χ4v) is 7.87. The second-order valence-electron chi connectivity index (χ2n) is 14.7. The molecule has 5 atom stereocenters. The summed E-state index contributed by atoms with van der Waals surface area (Å²) in [4.78, 5) is 82.6. The molecule has 0 radical (unpaired) electrons. The van der Waals surface area contributed by atoms with Crippen molar-refractivity contribution in [2.75, 3.05) is 6.54 Å². The molecule has 5 amide bonds. The van der Waals surface area contributed by atoms with Crippen molar-refractivity contribution in [3.63, 3.8) is 0 Å². The minimum Gasteiger partial charge on any atom is -0.444 e. The van der Waals surface area contributed by atoms with Crippen LogP contribution in [0.5, 0.6) is 0 Å². The summed E-state index contributed by atoms with van der Waals surface area (Å²) in [6, 6.07) is 1.73. The van der Waals surface area contributed by atoms with Crippen LogP contribution in [0.1, 0.15) is 77.3 Å². The van der Waals surface area contributed by atoms with Crippen molar-refractivity contribution in [3.05, 3.63) is 47.8 Å². The van der Waals surface area contributed by atoms with E-state index < -0.39 is 92.0 Å². The van der Waals surface area contributed by atoms with E-state index >= 15 is 0 Å². The monoisotopic (exact) mass is 757 g/mol. The van der Waals surface area contributed by atoms with Gasteiger partial charge in [-0.1, -0.05) is 24.1 Å². The Morgan fingerprint density at radius 3 is 2.47 bits per heavy atom. The predicted molar refractivity (Wildman–Crippen MR) is 186 cm³/mol. The van der Waals surface area contributed by atoms with E-state index in [-0.39, 0.29) is 45.3 Å². The first-order valence-corrected chi connectivity index (χ1v) is 18.9. The normalized spacial score (nSPS) is 23.8. The average Bonchev–Trinajstić information content (AvgIpc) is 3.96. The lowest BCUT2D eigenvalue weighted by molar-refractivity contribution is -0.141. The molecule has 2 aliphatic heterocycles. The highest BCUT2D eigenvalue weighted by Crippen LogP contribution is 2.45. The number of carbonyl (C=O) groups excluding carboxylic acids is 6. The highest BCUT2D eigenvalue weighted by atomic mass is 32.2. The van der Waals surface area contributed by atoms with Crippen LogP contribution < -0.4 is 15.4 Å². The molecule has 2 heterocycles. The Hall–Kier alpha value is -4.98. The van der Waals surface area contributed by atoms with Gasteiger partial charge in [-0.2, -0.15) is 0 Å². The number of hydrogen-bond donors (Lipinski definition) is 3. The number of carbonyl (C=O) groups is 6. The van der Waals surface area contributed by atoms with Gasteiger partial charge in [-0.05, 0) is 70.9 Å². The van der Waals surface area contributed by atoms with Crippen molar-refractivity contribution >= 4 is 45.7 Å². The lowest BCUT2D eigenvalue weighted by Gasteiger charge is -2.30. The zero-order valence-corrected chi connectivity index (χ0v) is 30.8. The average molecular weight is 758 g/mol.